The van der Waals surface area contributed by atoms with Crippen molar-refractivity contribution in [1.82, 2.24) is 10.2 Å². The monoisotopic (exact) mass is 469 g/mol. The van der Waals surface area contributed by atoms with Gasteiger partial charge in [0.25, 0.3) is 0 Å². The Morgan fingerprint density at radius 3 is 2.20 bits per heavy atom. The summed E-state index contributed by atoms with van der Waals surface area (Å²) >= 11 is 0. The van der Waals surface area contributed by atoms with Crippen LogP contribution in [0.3, 0.4) is 0 Å². The lowest BCUT2D eigenvalue weighted by Gasteiger charge is -2.17. The predicted octanol–water partition coefficient (Wildman–Crippen LogP) is 4.29. The van der Waals surface area contributed by atoms with Crippen molar-refractivity contribution in [2.45, 2.75) is 31.7 Å². The molecule has 1 amide bonds. The van der Waals surface area contributed by atoms with E-state index in [0.717, 1.165) is 35.3 Å². The molecule has 1 saturated heterocycles. The van der Waals surface area contributed by atoms with E-state index in [0.29, 0.717) is 13.0 Å². The molecule has 0 aromatic heterocycles. The Morgan fingerprint density at radius 1 is 0.886 bits per heavy atom. The van der Waals surface area contributed by atoms with Crippen LogP contribution in [0.4, 0.5) is 5.69 Å². The SMILES string of the molecule is NC(=N[C@H](Cc1ccccc1)C(=O)NCCCN1CCCC1)Nc1ccc(-c2ccccc2)cc1. The molecule has 1 fully saturated rings. The maximum Gasteiger partial charge on any atom is 0.245 e. The molecule has 6 nitrogen and oxygen atoms in total. The van der Waals surface area contributed by atoms with E-state index >= 15 is 0 Å². The van der Waals surface area contributed by atoms with Gasteiger partial charge in [-0.25, -0.2) is 4.99 Å². The van der Waals surface area contributed by atoms with Crippen LogP contribution < -0.4 is 16.4 Å². The van der Waals surface area contributed by atoms with Crippen molar-refractivity contribution in [3.63, 3.8) is 0 Å². The lowest BCUT2D eigenvalue weighted by atomic mass is 10.1. The van der Waals surface area contributed by atoms with Gasteiger partial charge in [0.1, 0.15) is 6.04 Å². The molecule has 35 heavy (non-hydrogen) atoms. The van der Waals surface area contributed by atoms with Crippen LogP contribution in [0.15, 0.2) is 89.9 Å². The molecule has 3 aromatic rings. The van der Waals surface area contributed by atoms with Gasteiger partial charge in [0, 0.05) is 18.7 Å². The topological polar surface area (TPSA) is 82.7 Å². The average Bonchev–Trinajstić information content (AvgIpc) is 3.41. The van der Waals surface area contributed by atoms with Crippen LogP contribution in [0, 0.1) is 0 Å². The summed E-state index contributed by atoms with van der Waals surface area (Å²) in [7, 11) is 0. The van der Waals surface area contributed by atoms with Crippen LogP contribution in [0.25, 0.3) is 11.1 Å². The van der Waals surface area contributed by atoms with Gasteiger partial charge in [-0.2, -0.15) is 0 Å². The third-order valence-corrected chi connectivity index (χ3v) is 6.28. The van der Waals surface area contributed by atoms with E-state index in [1.54, 1.807) is 0 Å². The Kier molecular flexibility index (Phi) is 8.90. The summed E-state index contributed by atoms with van der Waals surface area (Å²) in [4.78, 5) is 20.0. The average molecular weight is 470 g/mol. The summed E-state index contributed by atoms with van der Waals surface area (Å²) in [5, 5.41) is 6.20. The van der Waals surface area contributed by atoms with Gasteiger partial charge in [0.15, 0.2) is 5.96 Å². The molecule has 4 N–H and O–H groups in total. The Labute approximate surface area is 208 Å². The van der Waals surface area contributed by atoms with E-state index in [9.17, 15) is 4.79 Å². The van der Waals surface area contributed by atoms with Crippen LogP contribution in [-0.4, -0.2) is 49.0 Å². The highest BCUT2D eigenvalue weighted by Crippen LogP contribution is 2.21. The number of hydrogen-bond donors (Lipinski definition) is 3. The Hall–Kier alpha value is -3.64. The molecule has 0 saturated carbocycles. The number of rotatable bonds is 10. The minimum atomic E-state index is -0.597. The predicted molar refractivity (Wildman–Crippen MR) is 144 cm³/mol. The standard InChI is InChI=1S/C29H35N5O/c30-29(32-26-16-14-25(15-17-26)24-12-5-2-6-13-24)33-27(22-23-10-3-1-4-11-23)28(35)31-18-9-21-34-19-7-8-20-34/h1-6,10-17,27H,7-9,18-22H2,(H,31,35)(H3,30,32,33)/t27-/m1/s1. The molecule has 0 aliphatic carbocycles. The second-order valence-electron chi connectivity index (χ2n) is 8.98. The largest absolute Gasteiger partial charge is 0.370 e. The first-order valence-corrected chi connectivity index (χ1v) is 12.5. The molecule has 1 atom stereocenters. The van der Waals surface area contributed by atoms with E-state index in [2.05, 4.69) is 32.7 Å². The molecular formula is C29H35N5O. The Morgan fingerprint density at radius 2 is 1.51 bits per heavy atom. The zero-order valence-corrected chi connectivity index (χ0v) is 20.2. The first-order valence-electron chi connectivity index (χ1n) is 12.5. The summed E-state index contributed by atoms with van der Waals surface area (Å²) in [5.74, 6) is 0.130. The number of nitrogens with two attached hydrogens (primary N) is 1. The summed E-state index contributed by atoms with van der Waals surface area (Å²) in [6.07, 6.45) is 3.99. The molecule has 182 valence electrons. The molecule has 3 aromatic carbocycles. The molecule has 1 aliphatic heterocycles. The van der Waals surface area contributed by atoms with Crippen molar-refractivity contribution < 1.29 is 4.79 Å². The van der Waals surface area contributed by atoms with E-state index in [-0.39, 0.29) is 11.9 Å². The number of nitrogens with one attached hydrogen (secondary N) is 2. The van der Waals surface area contributed by atoms with Gasteiger partial charge in [-0.3, -0.25) is 4.79 Å². The van der Waals surface area contributed by atoms with E-state index in [1.807, 2.05) is 72.8 Å². The lowest BCUT2D eigenvalue weighted by Crippen LogP contribution is -2.38. The van der Waals surface area contributed by atoms with Crippen LogP contribution in [0.2, 0.25) is 0 Å². The third kappa shape index (κ3) is 7.69. The zero-order valence-electron chi connectivity index (χ0n) is 20.2. The number of benzene rings is 3. The second kappa shape index (κ2) is 12.7. The van der Waals surface area contributed by atoms with Crippen molar-refractivity contribution in [1.29, 1.82) is 0 Å². The van der Waals surface area contributed by atoms with Gasteiger partial charge in [0.2, 0.25) is 5.91 Å². The number of aliphatic imine (C=N–C) groups is 1. The maximum absolute atomic E-state index is 13.0. The minimum absolute atomic E-state index is 0.0977. The molecule has 4 rings (SSSR count). The number of carbonyl (C=O) groups excluding carboxylic acids is 1. The summed E-state index contributed by atoms with van der Waals surface area (Å²) in [5.41, 5.74) is 10.4. The first-order chi connectivity index (χ1) is 17.2. The van der Waals surface area contributed by atoms with Gasteiger partial charge in [-0.05, 0) is 67.7 Å². The Balaban J connectivity index is 1.37. The normalized spacial score (nSPS) is 15.0. The van der Waals surface area contributed by atoms with Crippen molar-refractivity contribution >= 4 is 17.6 Å². The number of anilines is 1. The molecule has 1 aliphatic rings. The summed E-state index contributed by atoms with van der Waals surface area (Å²) in [6.45, 7) is 4.01. The highest BCUT2D eigenvalue weighted by molar-refractivity contribution is 5.95. The minimum Gasteiger partial charge on any atom is -0.370 e. The molecule has 0 bridgehead atoms. The number of amides is 1. The van der Waals surface area contributed by atoms with E-state index in [4.69, 9.17) is 5.73 Å². The Bertz CT molecular complexity index is 1080. The van der Waals surface area contributed by atoms with Crippen molar-refractivity contribution in [2.24, 2.45) is 10.7 Å². The third-order valence-electron chi connectivity index (χ3n) is 6.28. The van der Waals surface area contributed by atoms with Crippen molar-refractivity contribution in [3.05, 3.63) is 90.5 Å². The van der Waals surface area contributed by atoms with Crippen LogP contribution in [0.5, 0.6) is 0 Å². The fraction of sp³-hybridized carbons (Fsp3) is 0.310. The number of likely N-dealkylation sites (tertiary alicyclic amines) is 1. The number of nitrogens with zero attached hydrogens (tertiary/aromatic N) is 2. The van der Waals surface area contributed by atoms with Crippen molar-refractivity contribution in [3.8, 4) is 11.1 Å². The summed E-state index contributed by atoms with van der Waals surface area (Å²) in [6, 6.07) is 27.6. The number of carbonyl (C=O) groups is 1. The van der Waals surface area contributed by atoms with Gasteiger partial charge in [-0.15, -0.1) is 0 Å². The highest BCUT2D eigenvalue weighted by Gasteiger charge is 2.19. The van der Waals surface area contributed by atoms with Crippen LogP contribution in [0.1, 0.15) is 24.8 Å². The number of guanidine groups is 1. The van der Waals surface area contributed by atoms with E-state index < -0.39 is 6.04 Å². The van der Waals surface area contributed by atoms with Crippen molar-refractivity contribution in [2.75, 3.05) is 31.5 Å². The molecule has 0 spiro atoms. The lowest BCUT2D eigenvalue weighted by molar-refractivity contribution is -0.122. The number of hydrogen-bond acceptors (Lipinski definition) is 3. The van der Waals surface area contributed by atoms with Crippen LogP contribution in [-0.2, 0) is 11.2 Å². The quantitative estimate of drug-likeness (QED) is 0.235. The summed E-state index contributed by atoms with van der Waals surface area (Å²) < 4.78 is 0. The van der Waals surface area contributed by atoms with Gasteiger partial charge < -0.3 is 21.3 Å². The van der Waals surface area contributed by atoms with Gasteiger partial charge in [-0.1, -0.05) is 72.8 Å². The van der Waals surface area contributed by atoms with Crippen LogP contribution >= 0.6 is 0 Å². The smallest absolute Gasteiger partial charge is 0.245 e. The first kappa shape index (κ1) is 24.5. The molecule has 0 unspecified atom stereocenters. The second-order valence-corrected chi connectivity index (χ2v) is 8.98. The van der Waals surface area contributed by atoms with Gasteiger partial charge >= 0.3 is 0 Å². The molecule has 0 radical (unpaired) electrons. The maximum atomic E-state index is 13.0. The highest BCUT2D eigenvalue weighted by atomic mass is 16.2. The molecule has 6 heteroatoms. The van der Waals surface area contributed by atoms with E-state index in [1.165, 1.54) is 25.9 Å². The molecular weight excluding hydrogens is 434 g/mol. The fourth-order valence-corrected chi connectivity index (χ4v) is 4.40. The zero-order chi connectivity index (χ0) is 24.3. The molecule has 1 heterocycles. The van der Waals surface area contributed by atoms with Gasteiger partial charge in [0.05, 0.1) is 0 Å². The fourth-order valence-electron chi connectivity index (χ4n) is 4.40.